The van der Waals surface area contributed by atoms with E-state index in [9.17, 15) is 19.5 Å². The van der Waals surface area contributed by atoms with Crippen molar-refractivity contribution in [2.45, 2.75) is 43.0 Å². The maximum absolute atomic E-state index is 13.2. The Morgan fingerprint density at radius 1 is 1.03 bits per heavy atom. The standard InChI is InChI=1S/C23H26N2O4S/c1-23(2)19(22(28)29)25-21(30-23)18(17(26)13-15-9-5-3-6-10-15)20(27)24-14-16-11-7-4-8-12-16/h3-12,18-19,21,25H,13-14H2,1-2H3,(H,24,27)(H,28,29)/t18-,19+,21-/m1/s1. The Labute approximate surface area is 180 Å². The molecule has 0 unspecified atom stereocenters. The third kappa shape index (κ3) is 5.29. The van der Waals surface area contributed by atoms with Gasteiger partial charge in [-0.3, -0.25) is 19.7 Å². The molecule has 0 saturated carbocycles. The third-order valence-corrected chi connectivity index (χ3v) is 6.67. The second-order valence-corrected chi connectivity index (χ2v) is 9.69. The summed E-state index contributed by atoms with van der Waals surface area (Å²) in [5, 5.41) is 14.8. The summed E-state index contributed by atoms with van der Waals surface area (Å²) in [6, 6.07) is 17.9. The molecule has 1 heterocycles. The van der Waals surface area contributed by atoms with Crippen LogP contribution in [0.1, 0.15) is 25.0 Å². The second-order valence-electron chi connectivity index (χ2n) is 7.89. The van der Waals surface area contributed by atoms with Crippen LogP contribution < -0.4 is 10.6 Å². The molecule has 1 amide bonds. The van der Waals surface area contributed by atoms with Crippen molar-refractivity contribution in [2.24, 2.45) is 5.92 Å². The van der Waals surface area contributed by atoms with Gasteiger partial charge >= 0.3 is 5.97 Å². The molecule has 3 N–H and O–H groups in total. The smallest absolute Gasteiger partial charge is 0.322 e. The van der Waals surface area contributed by atoms with E-state index in [2.05, 4.69) is 10.6 Å². The van der Waals surface area contributed by atoms with Crippen LogP contribution in [0.2, 0.25) is 0 Å². The molecule has 0 aliphatic carbocycles. The zero-order valence-corrected chi connectivity index (χ0v) is 17.8. The number of carbonyl (C=O) groups is 3. The van der Waals surface area contributed by atoms with Crippen molar-refractivity contribution in [1.29, 1.82) is 0 Å². The summed E-state index contributed by atoms with van der Waals surface area (Å²) < 4.78 is -0.651. The maximum atomic E-state index is 13.2. The molecular formula is C23H26N2O4S. The van der Waals surface area contributed by atoms with Crippen molar-refractivity contribution >= 4 is 29.4 Å². The summed E-state index contributed by atoms with van der Waals surface area (Å²) in [7, 11) is 0. The van der Waals surface area contributed by atoms with E-state index in [1.54, 1.807) is 0 Å². The lowest BCUT2D eigenvalue weighted by molar-refractivity contribution is -0.141. The number of carboxylic acid groups (broad SMARTS) is 1. The molecule has 2 aromatic rings. The molecule has 30 heavy (non-hydrogen) atoms. The van der Waals surface area contributed by atoms with Crippen molar-refractivity contribution in [3.05, 3.63) is 71.8 Å². The highest BCUT2D eigenvalue weighted by atomic mass is 32.2. The van der Waals surface area contributed by atoms with E-state index in [0.717, 1.165) is 11.1 Å². The number of benzene rings is 2. The van der Waals surface area contributed by atoms with Crippen LogP contribution in [0.25, 0.3) is 0 Å². The van der Waals surface area contributed by atoms with Crippen LogP contribution in [-0.4, -0.2) is 38.9 Å². The normalized spacial score (nSPS) is 21.0. The molecule has 3 rings (SSSR count). The van der Waals surface area contributed by atoms with Gasteiger partial charge in [0.05, 0.1) is 5.37 Å². The molecule has 3 atom stereocenters. The molecule has 0 aromatic heterocycles. The predicted molar refractivity (Wildman–Crippen MR) is 117 cm³/mol. The summed E-state index contributed by atoms with van der Waals surface area (Å²) in [5.74, 6) is -2.62. The highest BCUT2D eigenvalue weighted by Crippen LogP contribution is 2.41. The molecule has 1 aliphatic rings. The van der Waals surface area contributed by atoms with E-state index in [1.165, 1.54) is 11.8 Å². The molecule has 1 fully saturated rings. The maximum Gasteiger partial charge on any atom is 0.322 e. The lowest BCUT2D eigenvalue weighted by atomic mass is 9.95. The Morgan fingerprint density at radius 3 is 2.13 bits per heavy atom. The van der Waals surface area contributed by atoms with Crippen LogP contribution in [0.4, 0.5) is 0 Å². The van der Waals surface area contributed by atoms with Crippen molar-refractivity contribution < 1.29 is 19.5 Å². The van der Waals surface area contributed by atoms with Gasteiger partial charge in [-0.05, 0) is 25.0 Å². The number of nitrogens with one attached hydrogen (secondary N) is 2. The van der Waals surface area contributed by atoms with Crippen LogP contribution >= 0.6 is 11.8 Å². The predicted octanol–water partition coefficient (Wildman–Crippen LogP) is 2.63. The van der Waals surface area contributed by atoms with Crippen molar-refractivity contribution in [3.63, 3.8) is 0 Å². The number of Topliss-reactive ketones (excluding diaryl/α,β-unsaturated/α-hetero) is 1. The molecule has 158 valence electrons. The Hall–Kier alpha value is -2.64. The van der Waals surface area contributed by atoms with E-state index in [0.29, 0.717) is 6.54 Å². The first kappa shape index (κ1) is 22.1. The minimum atomic E-state index is -0.998. The summed E-state index contributed by atoms with van der Waals surface area (Å²) in [6.07, 6.45) is 0.112. The van der Waals surface area contributed by atoms with Gasteiger partial charge in [-0.2, -0.15) is 0 Å². The topological polar surface area (TPSA) is 95.5 Å². The average molecular weight is 427 g/mol. The number of ketones is 1. The summed E-state index contributed by atoms with van der Waals surface area (Å²) in [4.78, 5) is 37.9. The number of rotatable bonds is 8. The Morgan fingerprint density at radius 2 is 1.60 bits per heavy atom. The SMILES string of the molecule is CC1(C)S[C@H]([C@H](C(=O)Cc2ccccc2)C(=O)NCc2ccccc2)N[C@H]1C(=O)O. The molecule has 2 aromatic carbocycles. The van der Waals surface area contributed by atoms with Crippen LogP contribution in [0.3, 0.4) is 0 Å². The molecule has 1 aliphatic heterocycles. The molecule has 7 heteroatoms. The molecule has 1 saturated heterocycles. The Balaban J connectivity index is 1.80. The molecule has 0 bridgehead atoms. The highest BCUT2D eigenvalue weighted by molar-refractivity contribution is 8.01. The number of hydrogen-bond donors (Lipinski definition) is 3. The largest absolute Gasteiger partial charge is 0.480 e. The summed E-state index contributed by atoms with van der Waals surface area (Å²) in [5.41, 5.74) is 1.75. The number of aliphatic carboxylic acids is 1. The van der Waals surface area contributed by atoms with Crippen LogP contribution in [0.5, 0.6) is 0 Å². The van der Waals surface area contributed by atoms with E-state index in [1.807, 2.05) is 74.5 Å². The molecule has 0 radical (unpaired) electrons. The van der Waals surface area contributed by atoms with Gasteiger partial charge in [0.1, 0.15) is 12.0 Å². The third-order valence-electron chi connectivity index (χ3n) is 5.17. The second kappa shape index (κ2) is 9.45. The van der Waals surface area contributed by atoms with Crippen molar-refractivity contribution in [1.82, 2.24) is 10.6 Å². The first-order valence-corrected chi connectivity index (χ1v) is 10.7. The number of hydrogen-bond acceptors (Lipinski definition) is 5. The van der Waals surface area contributed by atoms with Gasteiger partial charge in [0.15, 0.2) is 5.78 Å². The first-order valence-electron chi connectivity index (χ1n) is 9.83. The fourth-order valence-corrected chi connectivity index (χ4v) is 5.16. The number of carbonyl (C=O) groups excluding carboxylic acids is 2. The van der Waals surface area contributed by atoms with E-state index < -0.39 is 34.0 Å². The van der Waals surface area contributed by atoms with E-state index >= 15 is 0 Å². The van der Waals surface area contributed by atoms with Crippen LogP contribution in [-0.2, 0) is 27.3 Å². The lowest BCUT2D eigenvalue weighted by Crippen LogP contribution is -2.49. The number of thioether (sulfide) groups is 1. The summed E-state index contributed by atoms with van der Waals surface area (Å²) >= 11 is 1.33. The van der Waals surface area contributed by atoms with Gasteiger partial charge < -0.3 is 10.4 Å². The highest BCUT2D eigenvalue weighted by Gasteiger charge is 2.50. The van der Waals surface area contributed by atoms with Crippen molar-refractivity contribution in [3.8, 4) is 0 Å². The van der Waals surface area contributed by atoms with Gasteiger partial charge in [-0.15, -0.1) is 11.8 Å². The van der Waals surface area contributed by atoms with Crippen LogP contribution in [0.15, 0.2) is 60.7 Å². The zero-order valence-electron chi connectivity index (χ0n) is 17.0. The number of amides is 1. The molecule has 0 spiro atoms. The van der Waals surface area contributed by atoms with Gasteiger partial charge in [0.2, 0.25) is 5.91 Å². The Kier molecular flexibility index (Phi) is 6.95. The molecular weight excluding hydrogens is 400 g/mol. The fraction of sp³-hybridized carbons (Fsp3) is 0.348. The average Bonchev–Trinajstić information content (AvgIpc) is 3.03. The minimum absolute atomic E-state index is 0.112. The van der Waals surface area contributed by atoms with Crippen LogP contribution in [0, 0.1) is 5.92 Å². The quantitative estimate of drug-likeness (QED) is 0.562. The Bertz CT molecular complexity index is 902. The van der Waals surface area contributed by atoms with E-state index in [4.69, 9.17) is 0 Å². The number of carboxylic acids is 1. The van der Waals surface area contributed by atoms with Gasteiger partial charge in [0, 0.05) is 17.7 Å². The van der Waals surface area contributed by atoms with Gasteiger partial charge in [-0.1, -0.05) is 60.7 Å². The summed E-state index contributed by atoms with van der Waals surface area (Å²) in [6.45, 7) is 3.92. The van der Waals surface area contributed by atoms with Crippen molar-refractivity contribution in [2.75, 3.05) is 0 Å². The minimum Gasteiger partial charge on any atom is -0.480 e. The fourth-order valence-electron chi connectivity index (χ4n) is 3.58. The van der Waals surface area contributed by atoms with Gasteiger partial charge in [-0.25, -0.2) is 0 Å². The van der Waals surface area contributed by atoms with E-state index in [-0.39, 0.29) is 12.2 Å². The van der Waals surface area contributed by atoms with Gasteiger partial charge in [0.25, 0.3) is 0 Å². The molecule has 6 nitrogen and oxygen atoms in total. The zero-order chi connectivity index (χ0) is 21.7. The first-order chi connectivity index (χ1) is 14.3. The lowest BCUT2D eigenvalue weighted by Gasteiger charge is -2.23. The monoisotopic (exact) mass is 426 g/mol.